The van der Waals surface area contributed by atoms with E-state index in [4.69, 9.17) is 5.11 Å². The maximum absolute atomic E-state index is 10.7. The number of aromatic carboxylic acids is 1. The van der Waals surface area contributed by atoms with E-state index in [9.17, 15) is 4.79 Å². The number of fused-ring (bicyclic) bond motifs is 1. The first-order valence-electron chi connectivity index (χ1n) is 5.41. The van der Waals surface area contributed by atoms with Crippen molar-refractivity contribution in [2.75, 3.05) is 11.4 Å². The van der Waals surface area contributed by atoms with Gasteiger partial charge in [-0.3, -0.25) is 0 Å². The van der Waals surface area contributed by atoms with Gasteiger partial charge in [-0.25, -0.2) is 14.8 Å². The summed E-state index contributed by atoms with van der Waals surface area (Å²) in [4.78, 5) is 20.8. The summed E-state index contributed by atoms with van der Waals surface area (Å²) < 4.78 is 1.97. The second kappa shape index (κ2) is 4.06. The maximum Gasteiger partial charge on any atom is 0.338 e. The highest BCUT2D eigenvalue weighted by molar-refractivity contribution is 5.86. The highest BCUT2D eigenvalue weighted by Gasteiger charge is 2.19. The summed E-state index contributed by atoms with van der Waals surface area (Å²) in [5.41, 5.74) is 0.0823. The van der Waals surface area contributed by atoms with E-state index >= 15 is 0 Å². The summed E-state index contributed by atoms with van der Waals surface area (Å²) in [6, 6.07) is 0. The summed E-state index contributed by atoms with van der Waals surface area (Å²) in [5.74, 6) is 0.335. The van der Waals surface area contributed by atoms with Crippen LogP contribution in [0.25, 0.3) is 0 Å². The number of carboxylic acids is 1. The standard InChI is InChI=1S/C10H10N6O2/c17-9(18)7-3-11-10(12-4-7)15-1-2-16-6-13-14-8(16)5-15/h3-4,6H,1-2,5H2,(H,17,18). The minimum atomic E-state index is -1.03. The lowest BCUT2D eigenvalue weighted by atomic mass is 10.3. The predicted octanol–water partition coefficient (Wildman–Crippen LogP) is -0.214. The number of aromatic nitrogens is 5. The van der Waals surface area contributed by atoms with Crippen molar-refractivity contribution in [2.45, 2.75) is 13.1 Å². The van der Waals surface area contributed by atoms with Gasteiger partial charge >= 0.3 is 5.97 Å². The molecule has 2 aromatic rings. The third kappa shape index (κ3) is 1.77. The van der Waals surface area contributed by atoms with Crippen molar-refractivity contribution in [3.63, 3.8) is 0 Å². The van der Waals surface area contributed by atoms with E-state index in [-0.39, 0.29) is 5.56 Å². The fraction of sp³-hybridized carbons (Fsp3) is 0.300. The molecule has 3 rings (SSSR count). The van der Waals surface area contributed by atoms with Crippen LogP contribution in [-0.4, -0.2) is 42.4 Å². The SMILES string of the molecule is O=C(O)c1cnc(N2CCn3cnnc3C2)nc1. The topological polar surface area (TPSA) is 97.0 Å². The zero-order valence-electron chi connectivity index (χ0n) is 9.39. The molecule has 8 nitrogen and oxygen atoms in total. The van der Waals surface area contributed by atoms with Crippen molar-refractivity contribution in [1.82, 2.24) is 24.7 Å². The fourth-order valence-corrected chi connectivity index (χ4v) is 1.83. The summed E-state index contributed by atoms with van der Waals surface area (Å²) in [7, 11) is 0. The lowest BCUT2D eigenvalue weighted by molar-refractivity contribution is 0.0696. The van der Waals surface area contributed by atoms with Gasteiger partial charge in [0.2, 0.25) is 5.95 Å². The van der Waals surface area contributed by atoms with Gasteiger partial charge < -0.3 is 14.6 Å². The highest BCUT2D eigenvalue weighted by atomic mass is 16.4. The quantitative estimate of drug-likeness (QED) is 0.782. The molecule has 0 saturated heterocycles. The van der Waals surface area contributed by atoms with Crippen LogP contribution in [0.5, 0.6) is 0 Å². The Morgan fingerprint density at radius 1 is 1.28 bits per heavy atom. The van der Waals surface area contributed by atoms with E-state index in [0.717, 1.165) is 18.9 Å². The second-order valence-corrected chi connectivity index (χ2v) is 3.94. The van der Waals surface area contributed by atoms with E-state index in [2.05, 4.69) is 20.2 Å². The van der Waals surface area contributed by atoms with Gasteiger partial charge in [-0.15, -0.1) is 10.2 Å². The molecule has 0 fully saturated rings. The Balaban J connectivity index is 1.82. The number of hydrogen-bond donors (Lipinski definition) is 1. The molecule has 0 radical (unpaired) electrons. The average Bonchev–Trinajstić information content (AvgIpc) is 2.86. The van der Waals surface area contributed by atoms with E-state index in [1.165, 1.54) is 12.4 Å². The lowest BCUT2D eigenvalue weighted by Crippen LogP contribution is -2.34. The van der Waals surface area contributed by atoms with Crippen molar-refractivity contribution >= 4 is 11.9 Å². The minimum absolute atomic E-state index is 0.0823. The number of carbonyl (C=O) groups is 1. The third-order valence-corrected chi connectivity index (χ3v) is 2.81. The molecule has 0 spiro atoms. The molecule has 1 aliphatic heterocycles. The van der Waals surface area contributed by atoms with Gasteiger partial charge in [-0.05, 0) is 0 Å². The Morgan fingerprint density at radius 3 is 2.78 bits per heavy atom. The van der Waals surface area contributed by atoms with Crippen LogP contribution < -0.4 is 4.90 Å². The van der Waals surface area contributed by atoms with E-state index in [1.54, 1.807) is 6.33 Å². The molecule has 0 unspecified atom stereocenters. The molecular weight excluding hydrogens is 236 g/mol. The molecule has 92 valence electrons. The van der Waals surface area contributed by atoms with Crippen LogP contribution in [0, 0.1) is 0 Å². The summed E-state index contributed by atoms with van der Waals surface area (Å²) in [6.07, 6.45) is 4.31. The third-order valence-electron chi connectivity index (χ3n) is 2.81. The van der Waals surface area contributed by atoms with Crippen LogP contribution >= 0.6 is 0 Å². The lowest BCUT2D eigenvalue weighted by Gasteiger charge is -2.26. The van der Waals surface area contributed by atoms with Crippen molar-refractivity contribution in [2.24, 2.45) is 0 Å². The smallest absolute Gasteiger partial charge is 0.338 e. The Labute approximate surface area is 102 Å². The molecule has 2 aromatic heterocycles. The van der Waals surface area contributed by atoms with E-state index in [0.29, 0.717) is 12.5 Å². The normalized spacial score (nSPS) is 14.3. The van der Waals surface area contributed by atoms with Crippen LogP contribution in [0.2, 0.25) is 0 Å². The van der Waals surface area contributed by atoms with Crippen molar-refractivity contribution in [3.05, 3.63) is 30.1 Å². The Hall–Kier alpha value is -2.51. The zero-order chi connectivity index (χ0) is 12.5. The van der Waals surface area contributed by atoms with Gasteiger partial charge in [0.05, 0.1) is 12.1 Å². The van der Waals surface area contributed by atoms with E-state index < -0.39 is 5.97 Å². The molecule has 0 atom stereocenters. The maximum atomic E-state index is 10.7. The summed E-state index contributed by atoms with van der Waals surface area (Å²) in [5, 5.41) is 16.6. The summed E-state index contributed by atoms with van der Waals surface area (Å²) >= 11 is 0. The number of nitrogens with zero attached hydrogens (tertiary/aromatic N) is 6. The molecule has 0 aliphatic carbocycles. The average molecular weight is 246 g/mol. The fourth-order valence-electron chi connectivity index (χ4n) is 1.83. The van der Waals surface area contributed by atoms with Gasteiger partial charge in [-0.2, -0.15) is 0 Å². The van der Waals surface area contributed by atoms with Gasteiger partial charge in [-0.1, -0.05) is 0 Å². The molecule has 0 aromatic carbocycles. The molecule has 0 saturated carbocycles. The van der Waals surface area contributed by atoms with Crippen LogP contribution in [0.3, 0.4) is 0 Å². The molecule has 8 heteroatoms. The highest BCUT2D eigenvalue weighted by Crippen LogP contribution is 2.15. The second-order valence-electron chi connectivity index (χ2n) is 3.94. The largest absolute Gasteiger partial charge is 0.478 e. The predicted molar refractivity (Wildman–Crippen MR) is 60.1 cm³/mol. The van der Waals surface area contributed by atoms with Crippen molar-refractivity contribution < 1.29 is 9.90 Å². The molecule has 0 bridgehead atoms. The molecule has 18 heavy (non-hydrogen) atoms. The minimum Gasteiger partial charge on any atom is -0.478 e. The zero-order valence-corrected chi connectivity index (χ0v) is 9.39. The molecule has 3 heterocycles. The van der Waals surface area contributed by atoms with Gasteiger partial charge in [0, 0.05) is 25.5 Å². The van der Waals surface area contributed by atoms with Gasteiger partial charge in [0.1, 0.15) is 6.33 Å². The Morgan fingerprint density at radius 2 is 2.06 bits per heavy atom. The first-order valence-corrected chi connectivity index (χ1v) is 5.41. The summed E-state index contributed by atoms with van der Waals surface area (Å²) in [6.45, 7) is 2.09. The molecule has 1 aliphatic rings. The Bertz CT molecular complexity index is 578. The van der Waals surface area contributed by atoms with Crippen LogP contribution in [-0.2, 0) is 13.1 Å². The van der Waals surface area contributed by atoms with Crippen molar-refractivity contribution in [3.8, 4) is 0 Å². The molecular formula is C10H10N6O2. The first kappa shape index (κ1) is 10.6. The number of hydrogen-bond acceptors (Lipinski definition) is 6. The molecule has 0 amide bonds. The van der Waals surface area contributed by atoms with Crippen molar-refractivity contribution in [1.29, 1.82) is 0 Å². The van der Waals surface area contributed by atoms with Crippen LogP contribution in [0.15, 0.2) is 18.7 Å². The number of anilines is 1. The Kier molecular flexibility index (Phi) is 2.40. The monoisotopic (exact) mass is 246 g/mol. The van der Waals surface area contributed by atoms with Gasteiger partial charge in [0.25, 0.3) is 0 Å². The van der Waals surface area contributed by atoms with Gasteiger partial charge in [0.15, 0.2) is 5.82 Å². The number of carboxylic acid groups (broad SMARTS) is 1. The first-order chi connectivity index (χ1) is 8.74. The molecule has 1 N–H and O–H groups in total. The van der Waals surface area contributed by atoms with Crippen LogP contribution in [0.4, 0.5) is 5.95 Å². The van der Waals surface area contributed by atoms with Crippen LogP contribution in [0.1, 0.15) is 16.2 Å². The van der Waals surface area contributed by atoms with E-state index in [1.807, 2.05) is 9.47 Å². The number of rotatable bonds is 2.